The zero-order valence-electron chi connectivity index (χ0n) is 20.2. The molecule has 0 bridgehead atoms. The molecule has 2 fully saturated rings. The average Bonchev–Trinajstić information content (AvgIpc) is 2.85. The first kappa shape index (κ1) is 24.0. The summed E-state index contributed by atoms with van der Waals surface area (Å²) in [5.41, 5.74) is 3.18. The van der Waals surface area contributed by atoms with Crippen molar-refractivity contribution in [2.45, 2.75) is 76.9 Å². The van der Waals surface area contributed by atoms with Gasteiger partial charge in [-0.3, -0.25) is 0 Å². The number of rotatable bonds is 9. The lowest BCUT2D eigenvalue weighted by molar-refractivity contribution is 0.0127. The van der Waals surface area contributed by atoms with Crippen LogP contribution in [0.1, 0.15) is 64.0 Å². The van der Waals surface area contributed by atoms with E-state index >= 15 is 0 Å². The molecular weight excluding hydrogens is 414 g/mol. The fourth-order valence-electron chi connectivity index (χ4n) is 4.89. The summed E-state index contributed by atoms with van der Waals surface area (Å²) in [4.78, 5) is 2.24. The van der Waals surface area contributed by atoms with Gasteiger partial charge < -0.3 is 19.5 Å². The number of benzene rings is 1. The van der Waals surface area contributed by atoms with Crippen LogP contribution in [0.3, 0.4) is 0 Å². The van der Waals surface area contributed by atoms with E-state index in [1.165, 1.54) is 19.3 Å². The summed E-state index contributed by atoms with van der Waals surface area (Å²) in [5, 5.41) is 19.2. The van der Waals surface area contributed by atoms with Crippen molar-refractivity contribution >= 4 is 0 Å². The Morgan fingerprint density at radius 1 is 1.06 bits per heavy atom. The van der Waals surface area contributed by atoms with Gasteiger partial charge in [0.05, 0.1) is 24.5 Å². The number of likely N-dealkylation sites (tertiary alicyclic amines) is 1. The van der Waals surface area contributed by atoms with Crippen molar-refractivity contribution in [3.8, 4) is 22.8 Å². The number of piperidine rings is 1. The van der Waals surface area contributed by atoms with Gasteiger partial charge in [-0.25, -0.2) is 0 Å². The molecule has 0 amide bonds. The number of aliphatic hydroxyl groups excluding tert-OH is 1. The van der Waals surface area contributed by atoms with E-state index in [9.17, 15) is 5.11 Å². The first-order chi connectivity index (χ1) is 16.1. The van der Waals surface area contributed by atoms with Gasteiger partial charge in [-0.1, -0.05) is 31.9 Å². The summed E-state index contributed by atoms with van der Waals surface area (Å²) >= 11 is 0. The molecule has 2 unspecified atom stereocenters. The predicted molar refractivity (Wildman–Crippen MR) is 131 cm³/mol. The maximum Gasteiger partial charge on any atom is 0.234 e. The van der Waals surface area contributed by atoms with Crippen molar-refractivity contribution in [1.82, 2.24) is 15.1 Å². The highest BCUT2D eigenvalue weighted by Crippen LogP contribution is 2.30. The molecule has 180 valence electrons. The van der Waals surface area contributed by atoms with E-state index in [2.05, 4.69) is 53.3 Å². The van der Waals surface area contributed by atoms with Crippen LogP contribution in [0.5, 0.6) is 11.6 Å². The Morgan fingerprint density at radius 2 is 1.85 bits per heavy atom. The Hall–Kier alpha value is -2.18. The van der Waals surface area contributed by atoms with Gasteiger partial charge in [0.15, 0.2) is 0 Å². The molecule has 2 aliphatic rings. The van der Waals surface area contributed by atoms with Gasteiger partial charge in [0, 0.05) is 30.6 Å². The second-order valence-corrected chi connectivity index (χ2v) is 9.74. The summed E-state index contributed by atoms with van der Waals surface area (Å²) in [6, 6.07) is 10.4. The number of aliphatic hydroxyl groups is 1. The van der Waals surface area contributed by atoms with Crippen molar-refractivity contribution in [3.05, 3.63) is 36.0 Å². The molecule has 0 radical (unpaired) electrons. The van der Waals surface area contributed by atoms with Crippen molar-refractivity contribution in [2.24, 2.45) is 5.92 Å². The third-order valence-electron chi connectivity index (χ3n) is 6.98. The maximum absolute atomic E-state index is 10.3. The Bertz CT molecular complexity index is 867. The van der Waals surface area contributed by atoms with Crippen molar-refractivity contribution in [2.75, 3.05) is 26.7 Å². The fraction of sp³-hybridized carbons (Fsp3) is 0.630. The second-order valence-electron chi connectivity index (χ2n) is 9.74. The summed E-state index contributed by atoms with van der Waals surface area (Å²) in [6.45, 7) is 4.39. The molecule has 2 aromatic rings. The number of hydrogen-bond donors (Lipinski definition) is 1. The van der Waals surface area contributed by atoms with Gasteiger partial charge in [-0.05, 0) is 69.7 Å². The van der Waals surface area contributed by atoms with Crippen LogP contribution in [0.25, 0.3) is 11.1 Å². The molecule has 1 saturated carbocycles. The number of unbranched alkanes of at least 4 members (excludes halogenated alkanes) is 1. The molecule has 1 N–H and O–H groups in total. The molecule has 1 aromatic heterocycles. The molecular formula is C27H39N3O3. The zero-order valence-corrected chi connectivity index (χ0v) is 20.2. The summed E-state index contributed by atoms with van der Waals surface area (Å²) in [7, 11) is 2.08. The predicted octanol–water partition coefficient (Wildman–Crippen LogP) is 4.89. The van der Waals surface area contributed by atoms with Crippen molar-refractivity contribution in [1.29, 1.82) is 0 Å². The number of aryl methyl sites for hydroxylation is 1. The molecule has 1 aliphatic carbocycles. The highest BCUT2D eigenvalue weighted by Gasteiger charge is 2.27. The van der Waals surface area contributed by atoms with Gasteiger partial charge in [0.1, 0.15) is 5.75 Å². The van der Waals surface area contributed by atoms with E-state index < -0.39 is 0 Å². The standard InChI is InChI=1S/C27H39N3O3/c1-3-4-10-25-24(20-11-13-23(14-12-20)33-22-8-6-5-7-9-22)17-27(29-28-25)32-19-21-18-30(2)16-15-26(21)31/h11-14,17,21-22,26,31H,3-10,15-16,18-19H2,1-2H3. The van der Waals surface area contributed by atoms with Crippen molar-refractivity contribution < 1.29 is 14.6 Å². The summed E-state index contributed by atoms with van der Waals surface area (Å²) in [5.74, 6) is 1.55. The molecule has 6 nitrogen and oxygen atoms in total. The quantitative estimate of drug-likeness (QED) is 0.583. The van der Waals surface area contributed by atoms with E-state index in [1.54, 1.807) is 0 Å². The Balaban J connectivity index is 1.47. The van der Waals surface area contributed by atoms with Crippen LogP contribution in [-0.2, 0) is 6.42 Å². The molecule has 1 saturated heterocycles. The SMILES string of the molecule is CCCCc1nnc(OCC2CN(C)CCC2O)cc1-c1ccc(OC2CCCCC2)cc1. The van der Waals surface area contributed by atoms with Crippen LogP contribution in [0.4, 0.5) is 0 Å². The second kappa shape index (κ2) is 11.8. The van der Waals surface area contributed by atoms with E-state index in [0.717, 1.165) is 74.2 Å². The molecule has 1 aliphatic heterocycles. The van der Waals surface area contributed by atoms with Crippen LogP contribution in [0, 0.1) is 5.92 Å². The highest BCUT2D eigenvalue weighted by atomic mass is 16.5. The Labute approximate surface area is 198 Å². The fourth-order valence-corrected chi connectivity index (χ4v) is 4.89. The minimum Gasteiger partial charge on any atom is -0.490 e. The Kier molecular flexibility index (Phi) is 8.57. The average molecular weight is 454 g/mol. The topological polar surface area (TPSA) is 67.7 Å². The van der Waals surface area contributed by atoms with Crippen LogP contribution < -0.4 is 9.47 Å². The Morgan fingerprint density at radius 3 is 2.61 bits per heavy atom. The third kappa shape index (κ3) is 6.67. The van der Waals surface area contributed by atoms with Crippen molar-refractivity contribution in [3.63, 3.8) is 0 Å². The van der Waals surface area contributed by atoms with Gasteiger partial charge in [-0.2, -0.15) is 5.10 Å². The largest absolute Gasteiger partial charge is 0.490 e. The lowest BCUT2D eigenvalue weighted by atomic mass is 9.96. The number of nitrogens with zero attached hydrogens (tertiary/aromatic N) is 3. The normalized spacial score (nSPS) is 22.3. The monoisotopic (exact) mass is 453 g/mol. The first-order valence-corrected chi connectivity index (χ1v) is 12.8. The number of hydrogen-bond acceptors (Lipinski definition) is 6. The molecule has 1 aromatic carbocycles. The molecule has 6 heteroatoms. The molecule has 2 heterocycles. The smallest absolute Gasteiger partial charge is 0.234 e. The summed E-state index contributed by atoms with van der Waals surface area (Å²) in [6.07, 6.45) is 10.1. The molecule has 0 spiro atoms. The minimum atomic E-state index is -0.325. The van der Waals surface area contributed by atoms with Crippen LogP contribution in [-0.4, -0.2) is 59.2 Å². The van der Waals surface area contributed by atoms with Gasteiger partial charge in [-0.15, -0.1) is 5.10 Å². The molecule has 4 rings (SSSR count). The van der Waals surface area contributed by atoms with Crippen LogP contribution in [0.2, 0.25) is 0 Å². The minimum absolute atomic E-state index is 0.0880. The zero-order chi connectivity index (χ0) is 23.0. The lowest BCUT2D eigenvalue weighted by Gasteiger charge is -2.33. The number of ether oxygens (including phenoxy) is 2. The third-order valence-corrected chi connectivity index (χ3v) is 6.98. The van der Waals surface area contributed by atoms with Crippen LogP contribution in [0.15, 0.2) is 30.3 Å². The lowest BCUT2D eigenvalue weighted by Crippen LogP contribution is -2.43. The van der Waals surface area contributed by atoms with E-state index in [0.29, 0.717) is 18.6 Å². The van der Waals surface area contributed by atoms with E-state index in [4.69, 9.17) is 9.47 Å². The first-order valence-electron chi connectivity index (χ1n) is 12.8. The molecule has 2 atom stereocenters. The van der Waals surface area contributed by atoms with Gasteiger partial charge >= 0.3 is 0 Å². The molecule has 33 heavy (non-hydrogen) atoms. The van der Waals surface area contributed by atoms with E-state index in [-0.39, 0.29) is 12.0 Å². The van der Waals surface area contributed by atoms with Crippen LogP contribution >= 0.6 is 0 Å². The summed E-state index contributed by atoms with van der Waals surface area (Å²) < 4.78 is 12.2. The van der Waals surface area contributed by atoms with E-state index in [1.807, 2.05) is 6.07 Å². The highest BCUT2D eigenvalue weighted by molar-refractivity contribution is 5.67. The number of aromatic nitrogens is 2. The van der Waals surface area contributed by atoms with Gasteiger partial charge in [0.25, 0.3) is 0 Å². The maximum atomic E-state index is 10.3. The van der Waals surface area contributed by atoms with Gasteiger partial charge in [0.2, 0.25) is 5.88 Å².